The van der Waals surface area contributed by atoms with Gasteiger partial charge in [-0.25, -0.2) is 18.0 Å². The van der Waals surface area contributed by atoms with Crippen molar-refractivity contribution < 1.29 is 44.5 Å². The van der Waals surface area contributed by atoms with E-state index in [-0.39, 0.29) is 7.14 Å². The van der Waals surface area contributed by atoms with Gasteiger partial charge in [0.2, 0.25) is 34.8 Å². The van der Waals surface area contributed by atoms with Gasteiger partial charge in [0, 0.05) is 14.3 Å². The second kappa shape index (κ2) is 8.86. The Morgan fingerprint density at radius 3 is 1.57 bits per heavy atom. The maximum Gasteiger partial charge on any atom is 0.346 e. The molecular weight excluding hydrogens is 871 g/mol. The van der Waals surface area contributed by atoms with Crippen molar-refractivity contribution in [2.24, 2.45) is 0 Å². The Morgan fingerprint density at radius 2 is 1.14 bits per heavy atom. The molecule has 0 amide bonds. The van der Waals surface area contributed by atoms with Crippen molar-refractivity contribution in [3.8, 4) is 5.75 Å². The molecule has 0 fully saturated rings. The molecule has 2 aromatic carbocycles. The highest BCUT2D eigenvalue weighted by atomic mass is 127. The first-order chi connectivity index (χ1) is 12.7. The summed E-state index contributed by atoms with van der Waals surface area (Å²) in [5.74, 6) is -15.6. The van der Waals surface area contributed by atoms with Crippen molar-refractivity contribution in [1.82, 2.24) is 0 Å². The number of carbonyl (C=O) groups is 1. The highest BCUT2D eigenvalue weighted by molar-refractivity contribution is 14.1. The van der Waals surface area contributed by atoms with E-state index in [0.29, 0.717) is 7.14 Å². The van der Waals surface area contributed by atoms with Crippen molar-refractivity contribution >= 4 is 106 Å². The van der Waals surface area contributed by atoms with Crippen LogP contribution in [0.25, 0.3) is 0 Å². The molecule has 2 rings (SSSR count). The first-order valence-electron chi connectivity index (χ1n) is 6.28. The summed E-state index contributed by atoms with van der Waals surface area (Å²) in [6.07, 6.45) is 0. The third-order valence-electron chi connectivity index (χ3n) is 3.05. The van der Waals surface area contributed by atoms with E-state index in [4.69, 9.17) is 0 Å². The van der Waals surface area contributed by atoms with Gasteiger partial charge in [0.1, 0.15) is 4.90 Å². The van der Waals surface area contributed by atoms with Crippen molar-refractivity contribution in [1.29, 1.82) is 0 Å². The number of hydrogen-bond donors (Lipinski definition) is 1. The summed E-state index contributed by atoms with van der Waals surface area (Å²) in [6, 6.07) is 0. The minimum absolute atomic E-state index is 0.0792. The number of hydrogen-bond acceptors (Lipinski definition) is 4. The molecule has 28 heavy (non-hydrogen) atoms. The maximum atomic E-state index is 13.8. The molecule has 5 nitrogen and oxygen atoms in total. The van der Waals surface area contributed by atoms with Crippen molar-refractivity contribution in [3.63, 3.8) is 0 Å². The molecule has 0 bridgehead atoms. The second-order valence-electron chi connectivity index (χ2n) is 4.72. The fourth-order valence-corrected chi connectivity index (χ4v) is 7.24. The highest BCUT2D eigenvalue weighted by Crippen LogP contribution is 2.37. The van der Waals surface area contributed by atoms with Crippen LogP contribution in [-0.2, 0) is 10.1 Å². The van der Waals surface area contributed by atoms with E-state index in [1.165, 1.54) is 45.2 Å². The molecule has 0 radical (unpaired) electrons. The van der Waals surface area contributed by atoms with Gasteiger partial charge in [-0.2, -0.15) is 17.2 Å². The minimum Gasteiger partial charge on any atom is -0.416 e. The molecule has 152 valence electrons. The monoisotopic (exact) mass is 872 g/mol. The van der Waals surface area contributed by atoms with Crippen LogP contribution in [0, 0.1) is 43.4 Å². The van der Waals surface area contributed by atoms with E-state index in [2.05, 4.69) is 4.74 Å². The summed E-state index contributed by atoms with van der Waals surface area (Å²) in [4.78, 5) is 11.5. The number of ether oxygens (including phenoxy) is 1. The van der Waals surface area contributed by atoms with E-state index in [9.17, 15) is 39.7 Å². The lowest BCUT2D eigenvalue weighted by atomic mass is 10.2. The fourth-order valence-electron chi connectivity index (χ4n) is 1.85. The van der Waals surface area contributed by atoms with Crippen LogP contribution in [0.3, 0.4) is 0 Å². The molecule has 0 aliphatic carbocycles. The predicted octanol–water partition coefficient (Wildman–Crippen LogP) is 5.27. The fraction of sp³-hybridized carbons (Fsp3) is 0. The quantitative estimate of drug-likeness (QED) is 0.0867. The summed E-state index contributed by atoms with van der Waals surface area (Å²) in [7, 11) is -5.02. The molecule has 0 saturated carbocycles. The van der Waals surface area contributed by atoms with Gasteiger partial charge in [-0.15, -0.1) is 0 Å². The lowest BCUT2D eigenvalue weighted by Crippen LogP contribution is -2.21. The summed E-state index contributed by atoms with van der Waals surface area (Å²) in [5, 5.41) is 0. The predicted molar refractivity (Wildman–Crippen MR) is 118 cm³/mol. The minimum atomic E-state index is -5.02. The number of carbonyl (C=O) groups excluding carboxylic acids is 1. The van der Waals surface area contributed by atoms with Crippen molar-refractivity contribution in [2.75, 3.05) is 0 Å². The number of rotatable bonds is 3. The van der Waals surface area contributed by atoms with Gasteiger partial charge < -0.3 is 4.74 Å². The van der Waals surface area contributed by atoms with Gasteiger partial charge in [0.15, 0.2) is 0 Å². The van der Waals surface area contributed by atoms with Crippen molar-refractivity contribution in [3.05, 3.63) is 48.9 Å². The van der Waals surface area contributed by atoms with Crippen LogP contribution in [0.15, 0.2) is 4.90 Å². The Bertz CT molecular complexity index is 1110. The van der Waals surface area contributed by atoms with E-state index >= 15 is 0 Å². The van der Waals surface area contributed by atoms with Crippen LogP contribution in [0.1, 0.15) is 10.4 Å². The average molecular weight is 872 g/mol. The van der Waals surface area contributed by atoms with Crippen molar-refractivity contribution in [2.45, 2.75) is 4.90 Å². The molecule has 2 aromatic rings. The first kappa shape index (κ1) is 24.7. The standard InChI is InChI=1S/C13HF5I4O5S/c14-2-3(15)5(17)11(6(18)4(2)16)27-13(23)1-7(19)8(20)9(21)10(22)12(1)28(24,25)26/h(H,24,25,26). The Labute approximate surface area is 208 Å². The van der Waals surface area contributed by atoms with Gasteiger partial charge in [-0.05, 0) is 90.4 Å². The molecule has 0 atom stereocenters. The Morgan fingerprint density at radius 1 is 0.750 bits per heavy atom. The molecule has 0 aliphatic heterocycles. The molecule has 15 heteroatoms. The Balaban J connectivity index is 2.78. The van der Waals surface area contributed by atoms with Gasteiger partial charge in [-0.3, -0.25) is 4.55 Å². The number of benzene rings is 2. The Hall–Kier alpha value is 0.390. The zero-order valence-corrected chi connectivity index (χ0v) is 21.8. The first-order valence-corrected chi connectivity index (χ1v) is 12.0. The van der Waals surface area contributed by atoms with Gasteiger partial charge in [0.25, 0.3) is 10.1 Å². The normalized spacial score (nSPS) is 11.6. The van der Waals surface area contributed by atoms with E-state index in [1.54, 1.807) is 45.2 Å². The molecule has 0 aromatic heterocycles. The van der Waals surface area contributed by atoms with Crippen LogP contribution < -0.4 is 4.74 Å². The van der Waals surface area contributed by atoms with Crippen LogP contribution >= 0.6 is 90.4 Å². The van der Waals surface area contributed by atoms with Crippen LogP contribution in [0.4, 0.5) is 22.0 Å². The summed E-state index contributed by atoms with van der Waals surface area (Å²) < 4.78 is 105. The Kier molecular flexibility index (Phi) is 7.81. The molecule has 0 aliphatic rings. The number of esters is 1. The second-order valence-corrected chi connectivity index (χ2v) is 10.4. The lowest BCUT2D eigenvalue weighted by Gasteiger charge is -2.15. The molecular formula is C13HF5I4O5S. The smallest absolute Gasteiger partial charge is 0.346 e. The van der Waals surface area contributed by atoms with Crippen LogP contribution in [-0.4, -0.2) is 18.9 Å². The van der Waals surface area contributed by atoms with E-state index < -0.39 is 61.4 Å². The SMILES string of the molecule is O=C(Oc1c(F)c(F)c(F)c(F)c1F)c1c(I)c(I)c(I)c(I)c1S(=O)(=O)O. The van der Waals surface area contributed by atoms with Gasteiger partial charge in [-0.1, -0.05) is 0 Å². The zero-order valence-electron chi connectivity index (χ0n) is 12.4. The average Bonchev–Trinajstić information content (AvgIpc) is 2.61. The molecule has 0 spiro atoms. The highest BCUT2D eigenvalue weighted by Gasteiger charge is 2.34. The largest absolute Gasteiger partial charge is 0.416 e. The topological polar surface area (TPSA) is 80.7 Å². The molecule has 0 saturated heterocycles. The summed E-state index contributed by atoms with van der Waals surface area (Å²) >= 11 is 6.50. The maximum absolute atomic E-state index is 13.8. The van der Waals surface area contributed by atoms with Gasteiger partial charge in [0.05, 0.1) is 5.56 Å². The third kappa shape index (κ3) is 4.37. The van der Waals surface area contributed by atoms with Crippen LogP contribution in [0.5, 0.6) is 5.75 Å². The molecule has 0 unspecified atom stereocenters. The van der Waals surface area contributed by atoms with Crippen LogP contribution in [0.2, 0.25) is 0 Å². The molecule has 0 heterocycles. The summed E-state index contributed by atoms with van der Waals surface area (Å²) in [6.45, 7) is 0. The van der Waals surface area contributed by atoms with Gasteiger partial charge >= 0.3 is 5.97 Å². The number of halogens is 9. The summed E-state index contributed by atoms with van der Waals surface area (Å²) in [5.41, 5.74) is -0.818. The lowest BCUT2D eigenvalue weighted by molar-refractivity contribution is 0.0710. The van der Waals surface area contributed by atoms with E-state index in [1.807, 2.05) is 0 Å². The molecule has 1 N–H and O–H groups in total. The van der Waals surface area contributed by atoms with E-state index in [0.717, 1.165) is 0 Å². The zero-order chi connectivity index (χ0) is 21.7. The third-order valence-corrected chi connectivity index (χ3v) is 11.8.